The second-order valence-corrected chi connectivity index (χ2v) is 13.1. The van der Waals surface area contributed by atoms with Crippen molar-refractivity contribution in [2.45, 2.75) is 64.6 Å². The fourth-order valence-corrected chi connectivity index (χ4v) is 6.79. The maximum absolute atomic E-state index is 15.0. The third-order valence-electron chi connectivity index (χ3n) is 6.81. The summed E-state index contributed by atoms with van der Waals surface area (Å²) in [6.07, 6.45) is -0.242. The van der Waals surface area contributed by atoms with Crippen LogP contribution in [0, 0.1) is 11.7 Å². The lowest BCUT2D eigenvalue weighted by molar-refractivity contribution is -0.119. The summed E-state index contributed by atoms with van der Waals surface area (Å²) >= 11 is 0. The summed E-state index contributed by atoms with van der Waals surface area (Å²) in [7, 11) is -2.03. The van der Waals surface area contributed by atoms with Crippen LogP contribution in [0.25, 0.3) is 0 Å². The number of aliphatic hydroxyl groups excluding tert-OH is 1. The topological polar surface area (TPSA) is 105 Å². The summed E-state index contributed by atoms with van der Waals surface area (Å²) in [6.45, 7) is 8.49. The highest BCUT2D eigenvalue weighted by Crippen LogP contribution is 2.29. The Hall–Kier alpha value is -2.04. The molecule has 3 N–H and O–H groups in total. The minimum Gasteiger partial charge on any atom is -0.391 e. The van der Waals surface area contributed by atoms with Gasteiger partial charge in [0.15, 0.2) is 9.84 Å². The van der Waals surface area contributed by atoms with Crippen molar-refractivity contribution in [1.82, 2.24) is 5.32 Å². The zero-order valence-corrected chi connectivity index (χ0v) is 24.3. The molecule has 0 aliphatic carbocycles. The number of nitrogens with one attached hydrogen (secondary N) is 2. The molecule has 7 nitrogen and oxygen atoms in total. The van der Waals surface area contributed by atoms with Gasteiger partial charge in [-0.05, 0) is 46.6 Å². The lowest BCUT2D eigenvalue weighted by Crippen LogP contribution is -2.54. The Morgan fingerprint density at radius 1 is 1.16 bits per heavy atom. The zero-order chi connectivity index (χ0) is 27.4. The molecule has 0 radical (unpaired) electrons. The first-order valence-corrected chi connectivity index (χ1v) is 14.5. The number of aryl methyl sites for hydroxylation is 1. The number of anilines is 1. The minimum absolute atomic E-state index is 0. The predicted octanol–water partition coefficient (Wildman–Crippen LogP) is 3.80. The van der Waals surface area contributed by atoms with Crippen molar-refractivity contribution in [3.05, 3.63) is 64.5 Å². The Bertz CT molecular complexity index is 1220. The summed E-state index contributed by atoms with van der Waals surface area (Å²) in [5.74, 6) is -1.96. The van der Waals surface area contributed by atoms with Gasteiger partial charge in [-0.3, -0.25) is 4.79 Å². The number of rotatable bonds is 9. The largest absolute Gasteiger partial charge is 0.391 e. The Kier molecular flexibility index (Phi) is 11.3. The molecular formula is C28H40ClFN2O5S. The van der Waals surface area contributed by atoms with E-state index in [1.807, 2.05) is 19.1 Å². The van der Waals surface area contributed by atoms with E-state index in [0.717, 1.165) is 5.56 Å². The van der Waals surface area contributed by atoms with E-state index in [1.54, 1.807) is 6.07 Å². The van der Waals surface area contributed by atoms with Gasteiger partial charge in [0.1, 0.15) is 12.4 Å². The maximum Gasteiger partial charge on any atom is 0.250 e. The van der Waals surface area contributed by atoms with Crippen molar-refractivity contribution in [2.75, 3.05) is 30.5 Å². The number of ether oxygens (including phenoxy) is 1. The van der Waals surface area contributed by atoms with Crippen LogP contribution in [0.5, 0.6) is 0 Å². The van der Waals surface area contributed by atoms with E-state index in [4.69, 9.17) is 4.74 Å². The minimum atomic E-state index is -3.41. The van der Waals surface area contributed by atoms with Gasteiger partial charge in [0, 0.05) is 25.6 Å². The van der Waals surface area contributed by atoms with Gasteiger partial charge in [0.25, 0.3) is 0 Å². The van der Waals surface area contributed by atoms with E-state index in [2.05, 4.69) is 43.5 Å². The summed E-state index contributed by atoms with van der Waals surface area (Å²) in [5.41, 5.74) is 3.46. The van der Waals surface area contributed by atoms with Gasteiger partial charge in [0.05, 0.1) is 23.3 Å². The van der Waals surface area contributed by atoms with Crippen LogP contribution in [0.1, 0.15) is 49.9 Å². The SMILES string of the molecule is CCc1cc(C[C@@H]2CS(=O)(=O)C[C@H](NCc3cccc(C(C)(C)C)c3)[C@H]2O)cc(F)c1NC(=O)COC.Cl. The average Bonchev–Trinajstić information content (AvgIpc) is 2.81. The van der Waals surface area contributed by atoms with Crippen molar-refractivity contribution in [1.29, 1.82) is 0 Å². The number of sulfone groups is 1. The first kappa shape index (κ1) is 32.2. The molecule has 1 saturated heterocycles. The first-order chi connectivity index (χ1) is 17.3. The molecule has 1 fully saturated rings. The average molecular weight is 571 g/mol. The van der Waals surface area contributed by atoms with Gasteiger partial charge in [0.2, 0.25) is 5.91 Å². The number of hydrogen-bond acceptors (Lipinski definition) is 6. The van der Waals surface area contributed by atoms with Crippen LogP contribution >= 0.6 is 12.4 Å². The lowest BCUT2D eigenvalue weighted by atomic mass is 9.86. The highest BCUT2D eigenvalue weighted by Gasteiger charge is 2.39. The van der Waals surface area contributed by atoms with Crippen molar-refractivity contribution in [3.8, 4) is 0 Å². The first-order valence-electron chi connectivity index (χ1n) is 12.6. The third kappa shape index (κ3) is 8.48. The number of amides is 1. The van der Waals surface area contributed by atoms with Crippen LogP contribution in [-0.4, -0.2) is 56.8 Å². The smallest absolute Gasteiger partial charge is 0.250 e. The van der Waals surface area contributed by atoms with E-state index < -0.39 is 39.6 Å². The quantitative estimate of drug-likeness (QED) is 0.424. The van der Waals surface area contributed by atoms with Crippen molar-refractivity contribution < 1.29 is 27.4 Å². The summed E-state index contributed by atoms with van der Waals surface area (Å²) in [6, 6.07) is 10.6. The van der Waals surface area contributed by atoms with Gasteiger partial charge < -0.3 is 20.5 Å². The molecule has 2 aromatic rings. The monoisotopic (exact) mass is 570 g/mol. The molecule has 38 heavy (non-hydrogen) atoms. The van der Waals surface area contributed by atoms with Crippen LogP contribution in [0.15, 0.2) is 36.4 Å². The highest BCUT2D eigenvalue weighted by atomic mass is 35.5. The van der Waals surface area contributed by atoms with Gasteiger partial charge in [-0.15, -0.1) is 12.4 Å². The van der Waals surface area contributed by atoms with Gasteiger partial charge in [-0.1, -0.05) is 58.0 Å². The molecule has 1 aliphatic rings. The van der Waals surface area contributed by atoms with Crippen molar-refractivity contribution >= 4 is 33.8 Å². The molecule has 0 bridgehead atoms. The normalized spacial score (nSPS) is 21.0. The van der Waals surface area contributed by atoms with Gasteiger partial charge in [-0.2, -0.15) is 0 Å². The second kappa shape index (κ2) is 13.3. The number of hydrogen-bond donors (Lipinski definition) is 3. The molecule has 212 valence electrons. The molecule has 0 saturated carbocycles. The van der Waals surface area contributed by atoms with Crippen LogP contribution in [0.4, 0.5) is 10.1 Å². The van der Waals surface area contributed by atoms with Gasteiger partial charge >= 0.3 is 0 Å². The number of aliphatic hydroxyl groups is 1. The van der Waals surface area contributed by atoms with E-state index in [-0.39, 0.29) is 48.0 Å². The lowest BCUT2D eigenvalue weighted by Gasteiger charge is -2.35. The molecule has 0 unspecified atom stereocenters. The predicted molar refractivity (Wildman–Crippen MR) is 151 cm³/mol. The maximum atomic E-state index is 15.0. The van der Waals surface area contributed by atoms with E-state index >= 15 is 0 Å². The Balaban J connectivity index is 0.00000507. The standard InChI is InChI=1S/C28H39FN2O5S.ClH/c1-6-20-10-19(13-23(29)26(20)31-25(32)15-36-5)11-21-16-37(34,35)17-24(27(21)33)30-14-18-8-7-9-22(12-18)28(2,3)4;/h7-10,12-13,21,24,27,30,33H,6,11,14-17H2,1-5H3,(H,31,32);1H/t21-,24+,27+;/m1./s1. The molecular weight excluding hydrogens is 531 g/mol. The van der Waals surface area contributed by atoms with Crippen LogP contribution < -0.4 is 10.6 Å². The van der Waals surface area contributed by atoms with Gasteiger partial charge in [-0.25, -0.2) is 12.8 Å². The van der Waals surface area contributed by atoms with E-state index in [1.165, 1.54) is 18.7 Å². The molecule has 1 aliphatic heterocycles. The Morgan fingerprint density at radius 2 is 1.87 bits per heavy atom. The van der Waals surface area contributed by atoms with E-state index in [9.17, 15) is 22.7 Å². The highest BCUT2D eigenvalue weighted by molar-refractivity contribution is 7.91. The van der Waals surface area contributed by atoms with Crippen LogP contribution in [0.2, 0.25) is 0 Å². The fourth-order valence-electron chi connectivity index (χ4n) is 4.82. The molecule has 1 amide bonds. The molecule has 3 atom stereocenters. The number of carbonyl (C=O) groups is 1. The molecule has 10 heteroatoms. The Morgan fingerprint density at radius 3 is 2.50 bits per heavy atom. The number of benzene rings is 2. The molecule has 2 aromatic carbocycles. The summed E-state index contributed by atoms with van der Waals surface area (Å²) in [4.78, 5) is 11.9. The van der Waals surface area contributed by atoms with Crippen molar-refractivity contribution in [3.63, 3.8) is 0 Å². The number of carbonyl (C=O) groups excluding carboxylic acids is 1. The molecule has 0 aromatic heterocycles. The zero-order valence-electron chi connectivity index (χ0n) is 22.7. The number of halogens is 2. The third-order valence-corrected chi connectivity index (χ3v) is 8.61. The number of methoxy groups -OCH3 is 1. The molecule has 0 spiro atoms. The molecule has 3 rings (SSSR count). The summed E-state index contributed by atoms with van der Waals surface area (Å²) < 4.78 is 45.2. The second-order valence-electron chi connectivity index (χ2n) is 10.9. The Labute approximate surface area is 231 Å². The van der Waals surface area contributed by atoms with Crippen LogP contribution in [0.3, 0.4) is 0 Å². The summed E-state index contributed by atoms with van der Waals surface area (Å²) in [5, 5.41) is 16.9. The fraction of sp³-hybridized carbons (Fsp3) is 0.536. The van der Waals surface area contributed by atoms with Crippen LogP contribution in [-0.2, 0) is 44.2 Å². The van der Waals surface area contributed by atoms with Crippen molar-refractivity contribution in [2.24, 2.45) is 5.92 Å². The molecule has 1 heterocycles. The van der Waals surface area contributed by atoms with E-state index in [0.29, 0.717) is 24.1 Å².